The zero-order valence-corrected chi connectivity index (χ0v) is 7.97. The Morgan fingerprint density at radius 2 is 2.27 bits per heavy atom. The molecule has 0 aliphatic rings. The Balaban J connectivity index is 2.72. The fraction of sp³-hybridized carbons (Fsp3) is 0.100. The van der Waals surface area contributed by atoms with Crippen LogP contribution in [0.15, 0.2) is 24.4 Å². The van der Waals surface area contributed by atoms with Gasteiger partial charge in [-0.3, -0.25) is 0 Å². The highest BCUT2D eigenvalue weighted by Gasteiger charge is 2.10. The highest BCUT2D eigenvalue weighted by molar-refractivity contribution is 6.00. The molecule has 0 aliphatic carbocycles. The van der Waals surface area contributed by atoms with Crippen molar-refractivity contribution < 1.29 is 14.6 Å². The summed E-state index contributed by atoms with van der Waals surface area (Å²) in [7, 11) is 1.48. The van der Waals surface area contributed by atoms with Gasteiger partial charge in [-0.2, -0.15) is 0 Å². The molecule has 0 radical (unpaired) electrons. The van der Waals surface area contributed by atoms with Crippen molar-refractivity contribution in [3.05, 3.63) is 30.0 Å². The van der Waals surface area contributed by atoms with Gasteiger partial charge in [0.05, 0.1) is 24.4 Å². The van der Waals surface area contributed by atoms with Crippen molar-refractivity contribution in [2.75, 3.05) is 7.11 Å². The summed E-state index contributed by atoms with van der Waals surface area (Å²) in [5.74, 6) is -0.648. The van der Waals surface area contributed by atoms with Gasteiger partial charge in [0.1, 0.15) is 5.52 Å². The molecule has 15 heavy (non-hydrogen) atoms. The predicted octanol–water partition coefficient (Wildman–Crippen LogP) is 1.34. The van der Waals surface area contributed by atoms with Gasteiger partial charge in [0.15, 0.2) is 0 Å². The lowest BCUT2D eigenvalue weighted by Gasteiger charge is -2.02. The van der Waals surface area contributed by atoms with Crippen molar-refractivity contribution in [1.29, 1.82) is 0 Å². The summed E-state index contributed by atoms with van der Waals surface area (Å²) in [5.41, 5.74) is 1.02. The van der Waals surface area contributed by atoms with E-state index in [0.717, 1.165) is 0 Å². The van der Waals surface area contributed by atoms with Gasteiger partial charge in [-0.15, -0.1) is 0 Å². The standard InChI is InChI=1S/C10H8N2O3/c1-15-8-5-11-9-6(10(13)14)3-2-4-7(9)12-8/h2-5H,1H3,(H,13,14). The maximum absolute atomic E-state index is 10.9. The molecule has 1 heterocycles. The number of carboxylic acid groups (broad SMARTS) is 1. The Morgan fingerprint density at radius 1 is 1.47 bits per heavy atom. The number of ether oxygens (including phenoxy) is 1. The Hall–Kier alpha value is -2.17. The lowest BCUT2D eigenvalue weighted by Crippen LogP contribution is -2.00. The van der Waals surface area contributed by atoms with Gasteiger partial charge in [-0.25, -0.2) is 14.8 Å². The number of benzene rings is 1. The van der Waals surface area contributed by atoms with E-state index in [9.17, 15) is 4.79 Å². The average Bonchev–Trinajstić information content (AvgIpc) is 2.27. The van der Waals surface area contributed by atoms with E-state index in [1.807, 2.05) is 0 Å². The van der Waals surface area contributed by atoms with Gasteiger partial charge in [0.25, 0.3) is 0 Å². The molecule has 1 N–H and O–H groups in total. The maximum Gasteiger partial charge on any atom is 0.337 e. The van der Waals surface area contributed by atoms with E-state index in [0.29, 0.717) is 16.9 Å². The molecule has 5 heteroatoms. The molecule has 0 aliphatic heterocycles. The first-order chi connectivity index (χ1) is 7.22. The summed E-state index contributed by atoms with van der Waals surface area (Å²) in [6.45, 7) is 0. The van der Waals surface area contributed by atoms with E-state index in [1.54, 1.807) is 12.1 Å². The number of hydrogen-bond acceptors (Lipinski definition) is 4. The SMILES string of the molecule is COc1cnc2c(C(=O)O)cccc2n1. The number of hydrogen-bond donors (Lipinski definition) is 1. The second-order valence-electron chi connectivity index (χ2n) is 2.89. The minimum absolute atomic E-state index is 0.141. The lowest BCUT2D eigenvalue weighted by molar-refractivity contribution is 0.0699. The van der Waals surface area contributed by atoms with Crippen LogP contribution < -0.4 is 4.74 Å². The van der Waals surface area contributed by atoms with Crippen LogP contribution in [0.2, 0.25) is 0 Å². The molecule has 0 saturated carbocycles. The van der Waals surface area contributed by atoms with E-state index < -0.39 is 5.97 Å². The Bertz CT molecular complexity index is 525. The van der Waals surface area contributed by atoms with Crippen LogP contribution in [0.25, 0.3) is 11.0 Å². The molecule has 76 valence electrons. The van der Waals surface area contributed by atoms with Crippen molar-refractivity contribution in [3.63, 3.8) is 0 Å². The molecule has 0 amide bonds. The van der Waals surface area contributed by atoms with Crippen LogP contribution in [0.3, 0.4) is 0 Å². The van der Waals surface area contributed by atoms with Gasteiger partial charge >= 0.3 is 5.97 Å². The van der Waals surface area contributed by atoms with Crippen molar-refractivity contribution in [2.24, 2.45) is 0 Å². The van der Waals surface area contributed by atoms with Crippen LogP contribution in [0.4, 0.5) is 0 Å². The van der Waals surface area contributed by atoms with Crippen molar-refractivity contribution >= 4 is 17.0 Å². The molecule has 0 fully saturated rings. The number of nitrogens with zero attached hydrogens (tertiary/aromatic N) is 2. The number of carbonyl (C=O) groups is 1. The highest BCUT2D eigenvalue weighted by Crippen LogP contribution is 2.17. The van der Waals surface area contributed by atoms with Gasteiger partial charge < -0.3 is 9.84 Å². The quantitative estimate of drug-likeness (QED) is 0.799. The highest BCUT2D eigenvalue weighted by atomic mass is 16.5. The summed E-state index contributed by atoms with van der Waals surface area (Å²) < 4.78 is 4.90. The predicted molar refractivity (Wildman–Crippen MR) is 53.0 cm³/mol. The number of aromatic nitrogens is 2. The third-order valence-electron chi connectivity index (χ3n) is 1.99. The van der Waals surface area contributed by atoms with Gasteiger partial charge in [-0.1, -0.05) is 6.07 Å². The Labute approximate surface area is 85.4 Å². The van der Waals surface area contributed by atoms with Crippen molar-refractivity contribution in [1.82, 2.24) is 9.97 Å². The molecule has 5 nitrogen and oxygen atoms in total. The van der Waals surface area contributed by atoms with E-state index in [2.05, 4.69) is 9.97 Å². The summed E-state index contributed by atoms with van der Waals surface area (Å²) in [4.78, 5) is 19.0. The maximum atomic E-state index is 10.9. The molecular weight excluding hydrogens is 196 g/mol. The largest absolute Gasteiger partial charge is 0.480 e. The first-order valence-electron chi connectivity index (χ1n) is 4.25. The molecule has 0 unspecified atom stereocenters. The van der Waals surface area contributed by atoms with E-state index in [4.69, 9.17) is 9.84 Å². The smallest absolute Gasteiger partial charge is 0.337 e. The zero-order chi connectivity index (χ0) is 10.8. The normalized spacial score (nSPS) is 10.2. The number of aromatic carboxylic acids is 1. The summed E-state index contributed by atoms with van der Waals surface area (Å²) in [6, 6.07) is 4.81. The molecule has 0 spiro atoms. The molecular formula is C10H8N2O3. The first kappa shape index (κ1) is 9.39. The number of carboxylic acids is 1. The van der Waals surface area contributed by atoms with Crippen LogP contribution in [-0.4, -0.2) is 28.2 Å². The van der Waals surface area contributed by atoms with Gasteiger partial charge in [0.2, 0.25) is 5.88 Å². The minimum atomic E-state index is -1.01. The number of para-hydroxylation sites is 1. The van der Waals surface area contributed by atoms with Gasteiger partial charge in [-0.05, 0) is 12.1 Å². The van der Waals surface area contributed by atoms with Crippen LogP contribution in [0, 0.1) is 0 Å². The summed E-state index contributed by atoms with van der Waals surface area (Å²) in [5, 5.41) is 8.91. The van der Waals surface area contributed by atoms with E-state index in [-0.39, 0.29) is 5.56 Å². The summed E-state index contributed by atoms with van der Waals surface area (Å²) in [6.07, 6.45) is 1.40. The number of rotatable bonds is 2. The monoisotopic (exact) mass is 204 g/mol. The summed E-state index contributed by atoms with van der Waals surface area (Å²) >= 11 is 0. The van der Waals surface area contributed by atoms with Crippen LogP contribution in [0.5, 0.6) is 5.88 Å². The topological polar surface area (TPSA) is 72.3 Å². The molecule has 2 aromatic rings. The second kappa shape index (κ2) is 3.53. The Morgan fingerprint density at radius 3 is 2.93 bits per heavy atom. The molecule has 1 aromatic carbocycles. The van der Waals surface area contributed by atoms with Crippen LogP contribution >= 0.6 is 0 Å². The van der Waals surface area contributed by atoms with Crippen LogP contribution in [0.1, 0.15) is 10.4 Å². The van der Waals surface area contributed by atoms with E-state index >= 15 is 0 Å². The van der Waals surface area contributed by atoms with Crippen LogP contribution in [-0.2, 0) is 0 Å². The molecule has 1 aromatic heterocycles. The zero-order valence-electron chi connectivity index (χ0n) is 7.97. The minimum Gasteiger partial charge on any atom is -0.480 e. The van der Waals surface area contributed by atoms with Crippen molar-refractivity contribution in [2.45, 2.75) is 0 Å². The molecule has 0 saturated heterocycles. The second-order valence-corrected chi connectivity index (χ2v) is 2.89. The molecule has 2 rings (SSSR count). The van der Waals surface area contributed by atoms with E-state index in [1.165, 1.54) is 19.4 Å². The fourth-order valence-corrected chi connectivity index (χ4v) is 1.30. The third kappa shape index (κ3) is 1.59. The fourth-order valence-electron chi connectivity index (χ4n) is 1.30. The molecule has 0 atom stereocenters. The third-order valence-corrected chi connectivity index (χ3v) is 1.99. The van der Waals surface area contributed by atoms with Gasteiger partial charge in [0, 0.05) is 0 Å². The van der Waals surface area contributed by atoms with Crippen molar-refractivity contribution in [3.8, 4) is 5.88 Å². The lowest BCUT2D eigenvalue weighted by atomic mass is 10.2. The average molecular weight is 204 g/mol. The Kier molecular flexibility index (Phi) is 2.21. The number of fused-ring (bicyclic) bond motifs is 1. The molecule has 0 bridgehead atoms. The number of methoxy groups -OCH3 is 1. The first-order valence-corrected chi connectivity index (χ1v) is 4.25.